The zero-order chi connectivity index (χ0) is 24.3. The molecule has 1 aromatic heterocycles. The molecule has 0 bridgehead atoms. The van der Waals surface area contributed by atoms with Crippen LogP contribution in [-0.2, 0) is 10.0 Å². The van der Waals surface area contributed by atoms with Crippen LogP contribution in [0, 0.1) is 6.92 Å². The molecule has 0 atom stereocenters. The van der Waals surface area contributed by atoms with Crippen LogP contribution in [0.4, 0.5) is 11.4 Å². The van der Waals surface area contributed by atoms with Crippen LogP contribution in [0.1, 0.15) is 15.9 Å². The van der Waals surface area contributed by atoms with Gasteiger partial charge in [-0.15, -0.1) is 0 Å². The summed E-state index contributed by atoms with van der Waals surface area (Å²) in [6, 6.07) is 21.8. The van der Waals surface area contributed by atoms with Crippen molar-refractivity contribution in [3.8, 4) is 22.7 Å². The monoisotopic (exact) mass is 476 g/mol. The highest BCUT2D eigenvalue weighted by molar-refractivity contribution is 7.92. The third-order valence-electron chi connectivity index (χ3n) is 5.13. The lowest BCUT2D eigenvalue weighted by molar-refractivity contribution is 0.102. The normalized spacial score (nSPS) is 11.1. The van der Waals surface area contributed by atoms with Crippen LogP contribution in [0.5, 0.6) is 5.75 Å². The molecule has 0 fully saturated rings. The van der Waals surface area contributed by atoms with Crippen molar-refractivity contribution in [2.24, 2.45) is 0 Å². The first-order valence-corrected chi connectivity index (χ1v) is 12.3. The Kier molecular flexibility index (Phi) is 6.38. The molecule has 1 amide bonds. The number of rotatable bonds is 7. The van der Waals surface area contributed by atoms with Crippen LogP contribution in [0.3, 0.4) is 0 Å². The number of ether oxygens (including phenoxy) is 1. The topological polar surface area (TPSA) is 102 Å². The van der Waals surface area contributed by atoms with E-state index in [0.29, 0.717) is 33.9 Å². The Morgan fingerprint density at radius 1 is 1.00 bits per heavy atom. The summed E-state index contributed by atoms with van der Waals surface area (Å²) in [5.74, 6) is 0.196. The van der Waals surface area contributed by atoms with Crippen LogP contribution < -0.4 is 14.8 Å². The number of hydrogen-bond acceptors (Lipinski definition) is 5. The molecule has 0 aliphatic rings. The smallest absolute Gasteiger partial charge is 0.259 e. The third-order valence-corrected chi connectivity index (χ3v) is 5.72. The summed E-state index contributed by atoms with van der Waals surface area (Å²) in [5.41, 5.74) is 3.84. The van der Waals surface area contributed by atoms with Crippen molar-refractivity contribution in [1.29, 1.82) is 0 Å². The van der Waals surface area contributed by atoms with E-state index in [-0.39, 0.29) is 0 Å². The number of benzene rings is 3. The number of nitrogens with one attached hydrogen (secondary N) is 2. The summed E-state index contributed by atoms with van der Waals surface area (Å²) in [4.78, 5) is 13.4. The SMILES string of the molecule is COc1ccccc1-c1nn(-c2ccccc2)cc1C(=O)Nc1ccc(C)c(NS(C)(=O)=O)c1. The number of carbonyl (C=O) groups is 1. The molecule has 0 saturated heterocycles. The minimum absolute atomic E-state index is 0.339. The second-order valence-electron chi connectivity index (χ2n) is 7.73. The fraction of sp³-hybridized carbons (Fsp3) is 0.120. The molecule has 1 heterocycles. The summed E-state index contributed by atoms with van der Waals surface area (Å²) in [5, 5.41) is 7.54. The summed E-state index contributed by atoms with van der Waals surface area (Å²) < 4.78 is 33.0. The Hall–Kier alpha value is -4.11. The molecular formula is C25H24N4O4S. The van der Waals surface area contributed by atoms with Gasteiger partial charge in [-0.3, -0.25) is 9.52 Å². The minimum atomic E-state index is -3.46. The number of methoxy groups -OCH3 is 1. The van der Waals surface area contributed by atoms with Crippen molar-refractivity contribution in [2.75, 3.05) is 23.4 Å². The quantitative estimate of drug-likeness (QED) is 0.409. The Balaban J connectivity index is 1.75. The number of anilines is 2. The fourth-order valence-corrected chi connectivity index (χ4v) is 4.12. The largest absolute Gasteiger partial charge is 0.496 e. The number of carbonyl (C=O) groups excluding carboxylic acids is 1. The molecule has 174 valence electrons. The minimum Gasteiger partial charge on any atom is -0.496 e. The van der Waals surface area contributed by atoms with E-state index in [4.69, 9.17) is 4.74 Å². The van der Waals surface area contributed by atoms with Gasteiger partial charge in [0.15, 0.2) is 0 Å². The molecule has 8 nitrogen and oxygen atoms in total. The summed E-state index contributed by atoms with van der Waals surface area (Å²) in [6.45, 7) is 1.78. The lowest BCUT2D eigenvalue weighted by Gasteiger charge is -2.12. The molecule has 4 rings (SSSR count). The number of nitrogens with zero attached hydrogens (tertiary/aromatic N) is 2. The van der Waals surface area contributed by atoms with Gasteiger partial charge in [0.1, 0.15) is 11.4 Å². The Labute approximate surface area is 198 Å². The highest BCUT2D eigenvalue weighted by Gasteiger charge is 2.21. The molecule has 0 spiro atoms. The number of hydrogen-bond donors (Lipinski definition) is 2. The highest BCUT2D eigenvalue weighted by Crippen LogP contribution is 2.32. The lowest BCUT2D eigenvalue weighted by atomic mass is 10.1. The lowest BCUT2D eigenvalue weighted by Crippen LogP contribution is -2.14. The first-order valence-electron chi connectivity index (χ1n) is 10.4. The van der Waals surface area contributed by atoms with Crippen LogP contribution in [0.2, 0.25) is 0 Å². The summed E-state index contributed by atoms with van der Waals surface area (Å²) >= 11 is 0. The van der Waals surface area contributed by atoms with E-state index in [1.807, 2.05) is 54.6 Å². The van der Waals surface area contributed by atoms with Crippen molar-refractivity contribution in [3.05, 3.63) is 90.1 Å². The summed E-state index contributed by atoms with van der Waals surface area (Å²) in [6.07, 6.45) is 2.74. The second kappa shape index (κ2) is 9.40. The van der Waals surface area contributed by atoms with Crippen molar-refractivity contribution in [2.45, 2.75) is 6.92 Å². The van der Waals surface area contributed by atoms with E-state index in [2.05, 4.69) is 15.1 Å². The molecule has 4 aromatic rings. The van der Waals surface area contributed by atoms with E-state index >= 15 is 0 Å². The van der Waals surface area contributed by atoms with Gasteiger partial charge < -0.3 is 10.1 Å². The van der Waals surface area contributed by atoms with Crippen molar-refractivity contribution < 1.29 is 17.9 Å². The van der Waals surface area contributed by atoms with E-state index in [0.717, 1.165) is 17.5 Å². The van der Waals surface area contributed by atoms with E-state index in [1.165, 1.54) is 0 Å². The van der Waals surface area contributed by atoms with E-state index in [9.17, 15) is 13.2 Å². The molecule has 3 aromatic carbocycles. The third kappa shape index (κ3) is 5.10. The van der Waals surface area contributed by atoms with Gasteiger partial charge in [0.25, 0.3) is 5.91 Å². The average Bonchev–Trinajstić information content (AvgIpc) is 3.26. The number of aryl methyl sites for hydroxylation is 1. The maximum Gasteiger partial charge on any atom is 0.259 e. The Morgan fingerprint density at radius 2 is 1.71 bits per heavy atom. The molecule has 0 radical (unpaired) electrons. The van der Waals surface area contributed by atoms with Gasteiger partial charge in [0.05, 0.1) is 30.3 Å². The van der Waals surface area contributed by atoms with Crippen molar-refractivity contribution in [1.82, 2.24) is 9.78 Å². The van der Waals surface area contributed by atoms with Gasteiger partial charge in [-0.05, 0) is 48.9 Å². The fourth-order valence-electron chi connectivity index (χ4n) is 3.50. The van der Waals surface area contributed by atoms with Crippen LogP contribution in [0.15, 0.2) is 79.0 Å². The molecule has 0 unspecified atom stereocenters. The molecule has 0 aliphatic carbocycles. The van der Waals surface area contributed by atoms with Gasteiger partial charge in [-0.2, -0.15) is 5.10 Å². The zero-order valence-corrected chi connectivity index (χ0v) is 19.8. The second-order valence-corrected chi connectivity index (χ2v) is 9.48. The van der Waals surface area contributed by atoms with Crippen LogP contribution >= 0.6 is 0 Å². The molecule has 0 saturated carbocycles. The Morgan fingerprint density at radius 3 is 2.41 bits per heavy atom. The van der Waals surface area contributed by atoms with Crippen LogP contribution in [-0.4, -0.2) is 37.5 Å². The standard InChI is InChI=1S/C25H24N4O4S/c1-17-13-14-18(15-22(17)28-34(3,31)32)26-25(30)21-16-29(19-9-5-4-6-10-19)27-24(21)20-11-7-8-12-23(20)33-2/h4-16,28H,1-3H3,(H,26,30). The first-order chi connectivity index (χ1) is 16.2. The van der Waals surface area contributed by atoms with Gasteiger partial charge in [-0.1, -0.05) is 36.4 Å². The zero-order valence-electron chi connectivity index (χ0n) is 18.9. The predicted molar refractivity (Wildman–Crippen MR) is 133 cm³/mol. The highest BCUT2D eigenvalue weighted by atomic mass is 32.2. The van der Waals surface area contributed by atoms with Gasteiger partial charge in [0.2, 0.25) is 10.0 Å². The molecule has 9 heteroatoms. The number of sulfonamides is 1. The van der Waals surface area contributed by atoms with Gasteiger partial charge in [-0.25, -0.2) is 13.1 Å². The van der Waals surface area contributed by atoms with E-state index < -0.39 is 15.9 Å². The first kappa shape index (κ1) is 23.1. The maximum absolute atomic E-state index is 13.4. The van der Waals surface area contributed by atoms with Crippen LogP contribution in [0.25, 0.3) is 16.9 Å². The number of aromatic nitrogens is 2. The molecule has 0 aliphatic heterocycles. The number of para-hydroxylation sites is 2. The van der Waals surface area contributed by atoms with Crippen molar-refractivity contribution >= 4 is 27.3 Å². The number of amides is 1. The molecule has 34 heavy (non-hydrogen) atoms. The van der Waals surface area contributed by atoms with E-state index in [1.54, 1.807) is 43.1 Å². The van der Waals surface area contributed by atoms with Crippen molar-refractivity contribution in [3.63, 3.8) is 0 Å². The molecular weight excluding hydrogens is 452 g/mol. The molecule has 2 N–H and O–H groups in total. The summed E-state index contributed by atoms with van der Waals surface area (Å²) in [7, 11) is -1.90. The Bertz CT molecular complexity index is 1450. The van der Waals surface area contributed by atoms with Gasteiger partial charge in [0, 0.05) is 17.4 Å². The average molecular weight is 477 g/mol. The van der Waals surface area contributed by atoms with Gasteiger partial charge >= 0.3 is 0 Å². The maximum atomic E-state index is 13.4. The predicted octanol–water partition coefficient (Wildman–Crippen LogP) is 4.48.